The van der Waals surface area contributed by atoms with E-state index in [2.05, 4.69) is 15.0 Å². The molecule has 0 bridgehead atoms. The quantitative estimate of drug-likeness (QED) is 0.765. The second-order valence-corrected chi connectivity index (χ2v) is 4.63. The molecule has 5 heteroatoms. The minimum Gasteiger partial charge on any atom is -0.305 e. The summed E-state index contributed by atoms with van der Waals surface area (Å²) in [5.41, 5.74) is 1.69. The molecule has 0 aliphatic heterocycles. The average Bonchev–Trinajstić information content (AvgIpc) is 2.93. The number of hydrogen-bond donors (Lipinski definition) is 1. The number of H-pyrrole nitrogens is 1. The first-order valence-corrected chi connectivity index (χ1v) is 6.27. The summed E-state index contributed by atoms with van der Waals surface area (Å²) in [6, 6.07) is 11.3. The molecule has 3 aromatic rings. The number of nitrogens with one attached hydrogen (secondary N) is 1. The Balaban J connectivity index is 2.15. The van der Waals surface area contributed by atoms with Gasteiger partial charge in [-0.05, 0) is 29.6 Å². The Kier molecular flexibility index (Phi) is 2.74. The first-order valence-electron chi connectivity index (χ1n) is 5.39. The van der Waals surface area contributed by atoms with Crippen molar-refractivity contribution >= 4 is 11.3 Å². The minimum absolute atomic E-state index is 0.360. The molecular weight excluding hydrogens is 246 g/mol. The highest BCUT2D eigenvalue weighted by Crippen LogP contribution is 2.24. The number of rotatable bonds is 2. The Hall–Kier alpha value is -2.27. The molecule has 0 radical (unpaired) electrons. The molecular formula is C13H9N3OS. The molecule has 3 heterocycles. The second-order valence-electron chi connectivity index (χ2n) is 3.68. The average molecular weight is 255 g/mol. The van der Waals surface area contributed by atoms with E-state index in [4.69, 9.17) is 0 Å². The molecule has 3 rings (SSSR count). The Labute approximate surface area is 107 Å². The first kappa shape index (κ1) is 10.9. The highest BCUT2D eigenvalue weighted by molar-refractivity contribution is 7.13. The van der Waals surface area contributed by atoms with E-state index in [9.17, 15) is 4.79 Å². The smallest absolute Gasteiger partial charge is 0.305 e. The van der Waals surface area contributed by atoms with Crippen molar-refractivity contribution in [2.75, 3.05) is 0 Å². The molecule has 0 fully saturated rings. The molecule has 0 amide bonds. The molecule has 0 saturated carbocycles. The summed E-state index contributed by atoms with van der Waals surface area (Å²) in [5.74, 6) is 0. The summed E-state index contributed by atoms with van der Waals surface area (Å²) in [6.45, 7) is 0. The van der Waals surface area contributed by atoms with Gasteiger partial charge in [0.2, 0.25) is 0 Å². The van der Waals surface area contributed by atoms with Gasteiger partial charge >= 0.3 is 5.69 Å². The molecule has 88 valence electrons. The lowest BCUT2D eigenvalue weighted by atomic mass is 10.2. The highest BCUT2D eigenvalue weighted by atomic mass is 32.1. The van der Waals surface area contributed by atoms with Crippen LogP contribution in [-0.2, 0) is 0 Å². The van der Waals surface area contributed by atoms with Crippen LogP contribution in [0.1, 0.15) is 0 Å². The third kappa shape index (κ3) is 2.08. The third-order valence-electron chi connectivity index (χ3n) is 2.46. The largest absolute Gasteiger partial charge is 0.346 e. The van der Waals surface area contributed by atoms with Crippen LogP contribution in [0.3, 0.4) is 0 Å². The van der Waals surface area contributed by atoms with E-state index in [0.717, 1.165) is 10.6 Å². The van der Waals surface area contributed by atoms with Gasteiger partial charge in [0.25, 0.3) is 0 Å². The van der Waals surface area contributed by atoms with Gasteiger partial charge in [0.1, 0.15) is 0 Å². The van der Waals surface area contributed by atoms with Crippen LogP contribution < -0.4 is 5.69 Å². The van der Waals surface area contributed by atoms with E-state index >= 15 is 0 Å². The van der Waals surface area contributed by atoms with Crippen LogP contribution in [0.4, 0.5) is 0 Å². The maximum Gasteiger partial charge on any atom is 0.346 e. The molecule has 3 aromatic heterocycles. The number of hydrogen-bond acceptors (Lipinski definition) is 4. The second kappa shape index (κ2) is 4.54. The van der Waals surface area contributed by atoms with Gasteiger partial charge in [-0.25, -0.2) is 4.79 Å². The van der Waals surface area contributed by atoms with E-state index in [-0.39, 0.29) is 5.69 Å². The maximum absolute atomic E-state index is 11.6. The number of aromatic amines is 1. The fourth-order valence-corrected chi connectivity index (χ4v) is 2.37. The first-order chi connectivity index (χ1) is 8.83. The van der Waals surface area contributed by atoms with Gasteiger partial charge in [-0.2, -0.15) is 4.98 Å². The zero-order valence-electron chi connectivity index (χ0n) is 9.33. The van der Waals surface area contributed by atoms with Crippen molar-refractivity contribution in [2.45, 2.75) is 0 Å². The van der Waals surface area contributed by atoms with E-state index in [1.165, 1.54) is 0 Å². The van der Waals surface area contributed by atoms with E-state index in [1.54, 1.807) is 17.5 Å². The lowest BCUT2D eigenvalue weighted by Crippen LogP contribution is -2.11. The molecule has 1 N–H and O–H groups in total. The number of pyridine rings is 1. The molecule has 0 spiro atoms. The molecule has 4 nitrogen and oxygen atoms in total. The van der Waals surface area contributed by atoms with Crippen LogP contribution in [0.5, 0.6) is 0 Å². The summed E-state index contributed by atoms with van der Waals surface area (Å²) < 4.78 is 0. The van der Waals surface area contributed by atoms with Crippen LogP contribution in [0, 0.1) is 0 Å². The molecule has 0 aliphatic carbocycles. The molecule has 0 aliphatic rings. The zero-order valence-corrected chi connectivity index (χ0v) is 10.1. The summed E-state index contributed by atoms with van der Waals surface area (Å²) in [5, 5.41) is 1.97. The lowest BCUT2D eigenvalue weighted by Gasteiger charge is -2.01. The Morgan fingerprint density at radius 2 is 2.06 bits per heavy atom. The predicted molar refractivity (Wildman–Crippen MR) is 71.4 cm³/mol. The van der Waals surface area contributed by atoms with Gasteiger partial charge in [-0.15, -0.1) is 11.3 Å². The van der Waals surface area contributed by atoms with Crippen LogP contribution in [0.25, 0.3) is 22.0 Å². The van der Waals surface area contributed by atoms with Crippen molar-refractivity contribution in [3.8, 4) is 22.0 Å². The van der Waals surface area contributed by atoms with Crippen molar-refractivity contribution in [2.24, 2.45) is 0 Å². The van der Waals surface area contributed by atoms with Crippen molar-refractivity contribution in [1.82, 2.24) is 15.0 Å². The Morgan fingerprint density at radius 1 is 1.11 bits per heavy atom. The molecule has 0 saturated heterocycles. The van der Waals surface area contributed by atoms with Crippen molar-refractivity contribution < 1.29 is 0 Å². The van der Waals surface area contributed by atoms with Crippen molar-refractivity contribution in [1.29, 1.82) is 0 Å². The minimum atomic E-state index is -0.360. The van der Waals surface area contributed by atoms with Crippen LogP contribution in [-0.4, -0.2) is 15.0 Å². The van der Waals surface area contributed by atoms with E-state index in [1.807, 2.05) is 41.8 Å². The summed E-state index contributed by atoms with van der Waals surface area (Å²) in [7, 11) is 0. The van der Waals surface area contributed by atoms with E-state index < -0.39 is 0 Å². The molecule has 0 aromatic carbocycles. The number of thiophene rings is 1. The highest BCUT2D eigenvalue weighted by Gasteiger charge is 2.06. The van der Waals surface area contributed by atoms with E-state index in [0.29, 0.717) is 11.4 Å². The third-order valence-corrected chi connectivity index (χ3v) is 3.36. The monoisotopic (exact) mass is 255 g/mol. The summed E-state index contributed by atoms with van der Waals surface area (Å²) in [6.07, 6.45) is 1.68. The van der Waals surface area contributed by atoms with Crippen LogP contribution in [0.15, 0.2) is 52.8 Å². The molecule has 18 heavy (non-hydrogen) atoms. The lowest BCUT2D eigenvalue weighted by molar-refractivity contribution is 1.08. The van der Waals surface area contributed by atoms with Gasteiger partial charge in [0, 0.05) is 6.20 Å². The van der Waals surface area contributed by atoms with Crippen molar-refractivity contribution in [3.05, 3.63) is 58.5 Å². The molecule has 0 unspecified atom stereocenters. The number of nitrogens with zero attached hydrogens (tertiary/aromatic N) is 2. The fourth-order valence-electron chi connectivity index (χ4n) is 1.67. The zero-order chi connectivity index (χ0) is 12.4. The summed E-state index contributed by atoms with van der Waals surface area (Å²) >= 11 is 1.57. The standard InChI is InChI=1S/C13H9N3OS/c17-13-15-10(9-4-1-2-6-14-9)8-11(16-13)12-5-3-7-18-12/h1-8H,(H,15,16,17). The summed E-state index contributed by atoms with van der Waals surface area (Å²) in [4.78, 5) is 23.5. The maximum atomic E-state index is 11.6. The van der Waals surface area contributed by atoms with Crippen LogP contribution >= 0.6 is 11.3 Å². The SMILES string of the molecule is O=c1nc(-c2ccccn2)cc(-c2cccs2)[nH]1. The topological polar surface area (TPSA) is 58.6 Å². The van der Waals surface area contributed by atoms with Gasteiger partial charge in [-0.3, -0.25) is 4.98 Å². The fraction of sp³-hybridized carbons (Fsp3) is 0. The Morgan fingerprint density at radius 3 is 2.78 bits per heavy atom. The van der Waals surface area contributed by atoms with Crippen LogP contribution in [0.2, 0.25) is 0 Å². The van der Waals surface area contributed by atoms with Crippen molar-refractivity contribution in [3.63, 3.8) is 0 Å². The normalized spacial score (nSPS) is 10.4. The Bertz CT molecular complexity index is 705. The van der Waals surface area contributed by atoms with Gasteiger partial charge < -0.3 is 4.98 Å². The van der Waals surface area contributed by atoms with Gasteiger partial charge in [0.15, 0.2) is 0 Å². The number of aromatic nitrogens is 3. The molecule has 0 atom stereocenters. The predicted octanol–water partition coefficient (Wildman–Crippen LogP) is 2.56. The van der Waals surface area contributed by atoms with Gasteiger partial charge in [0.05, 0.1) is 22.0 Å². The van der Waals surface area contributed by atoms with Gasteiger partial charge in [-0.1, -0.05) is 12.1 Å².